The molecule has 0 spiro atoms. The molecule has 1 N–H and O–H groups in total. The van der Waals surface area contributed by atoms with Crippen molar-refractivity contribution >= 4 is 39.5 Å². The summed E-state index contributed by atoms with van der Waals surface area (Å²) in [5.74, 6) is 0.267. The van der Waals surface area contributed by atoms with Crippen molar-refractivity contribution in [1.82, 2.24) is 9.38 Å². The van der Waals surface area contributed by atoms with Gasteiger partial charge in [-0.2, -0.15) is 0 Å². The van der Waals surface area contributed by atoms with Gasteiger partial charge in [-0.1, -0.05) is 41.9 Å². The highest BCUT2D eigenvalue weighted by Crippen LogP contribution is 2.29. The molecule has 146 valence electrons. The molecule has 0 unspecified atom stereocenters. The van der Waals surface area contributed by atoms with Gasteiger partial charge in [-0.3, -0.25) is 14.0 Å². The summed E-state index contributed by atoms with van der Waals surface area (Å²) in [6.45, 7) is 0.0901. The minimum Gasteiger partial charge on any atom is -0.485 e. The number of nitrogens with zero attached hydrogens (tertiary/aromatic N) is 2. The summed E-state index contributed by atoms with van der Waals surface area (Å²) in [4.78, 5) is 29.5. The number of anilines is 1. The van der Waals surface area contributed by atoms with Crippen molar-refractivity contribution in [3.05, 3.63) is 92.8 Å². The monoisotopic (exact) mass is 425 g/mol. The van der Waals surface area contributed by atoms with E-state index in [2.05, 4.69) is 10.3 Å². The summed E-state index contributed by atoms with van der Waals surface area (Å²) in [6, 6.07) is 15.9. The Hall–Kier alpha value is -3.16. The van der Waals surface area contributed by atoms with E-state index in [0.717, 1.165) is 5.56 Å². The van der Waals surface area contributed by atoms with Crippen LogP contribution in [-0.4, -0.2) is 15.3 Å². The molecule has 1 amide bonds. The average molecular weight is 426 g/mol. The first-order valence-electron chi connectivity index (χ1n) is 8.80. The molecule has 0 saturated carbocycles. The molecular weight excluding hydrogens is 410 g/mol. The summed E-state index contributed by atoms with van der Waals surface area (Å²) in [6.07, 6.45) is 1.92. The molecule has 4 aromatic rings. The van der Waals surface area contributed by atoms with Crippen molar-refractivity contribution < 1.29 is 9.53 Å². The number of carbonyl (C=O) groups is 1. The Morgan fingerprint density at radius 1 is 1.17 bits per heavy atom. The molecule has 0 saturated heterocycles. The van der Waals surface area contributed by atoms with E-state index < -0.39 is 0 Å². The Bertz CT molecular complexity index is 1220. The van der Waals surface area contributed by atoms with Crippen molar-refractivity contribution in [3.63, 3.8) is 0 Å². The van der Waals surface area contributed by atoms with Gasteiger partial charge in [0.1, 0.15) is 12.4 Å². The van der Waals surface area contributed by atoms with Gasteiger partial charge < -0.3 is 10.1 Å². The van der Waals surface area contributed by atoms with Crippen LogP contribution in [0.2, 0.25) is 5.02 Å². The Kier molecular flexibility index (Phi) is 5.59. The molecule has 2 heterocycles. The van der Waals surface area contributed by atoms with Gasteiger partial charge in [-0.25, -0.2) is 4.98 Å². The fourth-order valence-corrected chi connectivity index (χ4v) is 3.73. The normalized spacial score (nSPS) is 10.8. The third kappa shape index (κ3) is 4.64. The molecule has 0 aliphatic heterocycles. The van der Waals surface area contributed by atoms with Crippen LogP contribution in [0.1, 0.15) is 11.3 Å². The second kappa shape index (κ2) is 8.46. The average Bonchev–Trinajstić information content (AvgIpc) is 3.17. The van der Waals surface area contributed by atoms with E-state index in [0.29, 0.717) is 27.1 Å². The molecule has 6 nitrogen and oxygen atoms in total. The summed E-state index contributed by atoms with van der Waals surface area (Å²) in [5.41, 5.74) is 1.71. The lowest BCUT2D eigenvalue weighted by atomic mass is 10.1. The summed E-state index contributed by atoms with van der Waals surface area (Å²) in [5, 5.41) is 5.12. The molecule has 4 rings (SSSR count). The van der Waals surface area contributed by atoms with Gasteiger partial charge in [0.25, 0.3) is 5.56 Å². The number of nitrogens with one attached hydrogen (secondary N) is 1. The molecule has 2 aromatic carbocycles. The van der Waals surface area contributed by atoms with Crippen LogP contribution in [0.25, 0.3) is 4.96 Å². The lowest BCUT2D eigenvalue weighted by Gasteiger charge is -2.13. The van der Waals surface area contributed by atoms with Crippen molar-refractivity contribution in [2.75, 3.05) is 5.32 Å². The number of ether oxygens (including phenoxy) is 1. The molecule has 0 aliphatic rings. The van der Waals surface area contributed by atoms with E-state index >= 15 is 0 Å². The van der Waals surface area contributed by atoms with Gasteiger partial charge in [-0.15, -0.1) is 11.3 Å². The smallest absolute Gasteiger partial charge is 0.258 e. The molecule has 29 heavy (non-hydrogen) atoms. The highest BCUT2D eigenvalue weighted by Gasteiger charge is 2.11. The molecule has 0 fully saturated rings. The zero-order valence-corrected chi connectivity index (χ0v) is 16.7. The van der Waals surface area contributed by atoms with Crippen molar-refractivity contribution in [2.24, 2.45) is 0 Å². The van der Waals surface area contributed by atoms with E-state index in [9.17, 15) is 9.59 Å². The van der Waals surface area contributed by atoms with E-state index in [1.54, 1.807) is 29.8 Å². The first-order valence-corrected chi connectivity index (χ1v) is 10.1. The van der Waals surface area contributed by atoms with E-state index in [1.807, 2.05) is 30.3 Å². The summed E-state index contributed by atoms with van der Waals surface area (Å²) >= 11 is 7.46. The molecule has 8 heteroatoms. The number of fused-ring (bicyclic) bond motifs is 1. The highest BCUT2D eigenvalue weighted by molar-refractivity contribution is 7.15. The van der Waals surface area contributed by atoms with Crippen LogP contribution in [0.3, 0.4) is 0 Å². The minimum atomic E-state index is -0.181. The number of benzene rings is 2. The van der Waals surface area contributed by atoms with Crippen molar-refractivity contribution in [1.29, 1.82) is 0 Å². The Morgan fingerprint density at radius 2 is 2.00 bits per heavy atom. The minimum absolute atomic E-state index is 0.0901. The van der Waals surface area contributed by atoms with Crippen LogP contribution in [0.5, 0.6) is 5.75 Å². The van der Waals surface area contributed by atoms with Crippen LogP contribution in [0, 0.1) is 0 Å². The van der Waals surface area contributed by atoms with E-state index in [-0.39, 0.29) is 24.5 Å². The largest absolute Gasteiger partial charge is 0.485 e. The van der Waals surface area contributed by atoms with Gasteiger partial charge >= 0.3 is 0 Å². The quantitative estimate of drug-likeness (QED) is 0.503. The van der Waals surface area contributed by atoms with Crippen molar-refractivity contribution in [3.8, 4) is 5.75 Å². The fourth-order valence-electron chi connectivity index (χ4n) is 2.81. The number of thiazole rings is 1. The second-order valence-corrected chi connectivity index (χ2v) is 7.59. The van der Waals surface area contributed by atoms with Crippen LogP contribution in [0.4, 0.5) is 5.69 Å². The van der Waals surface area contributed by atoms with Crippen molar-refractivity contribution in [2.45, 2.75) is 13.0 Å². The lowest BCUT2D eigenvalue weighted by Crippen LogP contribution is -2.16. The molecule has 0 radical (unpaired) electrons. The zero-order valence-electron chi connectivity index (χ0n) is 15.2. The molecule has 0 atom stereocenters. The van der Waals surface area contributed by atoms with Gasteiger partial charge in [0.2, 0.25) is 5.91 Å². The second-order valence-electron chi connectivity index (χ2n) is 6.28. The number of amides is 1. The predicted molar refractivity (Wildman–Crippen MR) is 114 cm³/mol. The number of halogens is 1. The predicted octanol–water partition coefficient (Wildman–Crippen LogP) is 4.17. The van der Waals surface area contributed by atoms with Gasteiger partial charge in [0.15, 0.2) is 4.96 Å². The van der Waals surface area contributed by atoms with Crippen LogP contribution in [0.15, 0.2) is 71.0 Å². The third-order valence-corrected chi connectivity index (χ3v) is 5.15. The Morgan fingerprint density at radius 3 is 2.83 bits per heavy atom. The fraction of sp³-hybridized carbons (Fsp3) is 0.0952. The van der Waals surface area contributed by atoms with E-state index in [4.69, 9.17) is 16.3 Å². The van der Waals surface area contributed by atoms with Gasteiger partial charge in [0, 0.05) is 22.7 Å². The van der Waals surface area contributed by atoms with Crippen LogP contribution < -0.4 is 15.6 Å². The number of hydrogen-bond donors (Lipinski definition) is 1. The maximum absolute atomic E-state index is 12.4. The number of rotatable bonds is 6. The standard InChI is InChI=1S/C21H16ClN3O3S/c22-15-6-7-18(17(11-15)24-19(26)10-14-4-2-1-3-5-14)28-13-16-12-20(27)25-8-9-29-21(25)23-16/h1-9,11-12H,10,13H2,(H,24,26). The maximum Gasteiger partial charge on any atom is 0.258 e. The highest BCUT2D eigenvalue weighted by atomic mass is 35.5. The third-order valence-electron chi connectivity index (χ3n) is 4.15. The van der Waals surface area contributed by atoms with Crippen LogP contribution in [-0.2, 0) is 17.8 Å². The SMILES string of the molecule is O=C(Cc1ccccc1)Nc1cc(Cl)ccc1OCc1cc(=O)n2ccsc2n1. The molecule has 2 aromatic heterocycles. The summed E-state index contributed by atoms with van der Waals surface area (Å²) in [7, 11) is 0. The number of hydrogen-bond acceptors (Lipinski definition) is 5. The number of carbonyl (C=O) groups excluding carboxylic acids is 1. The van der Waals surface area contributed by atoms with Crippen LogP contribution >= 0.6 is 22.9 Å². The lowest BCUT2D eigenvalue weighted by molar-refractivity contribution is -0.115. The summed E-state index contributed by atoms with van der Waals surface area (Å²) < 4.78 is 7.31. The van der Waals surface area contributed by atoms with Gasteiger partial charge in [0.05, 0.1) is 17.8 Å². The maximum atomic E-state index is 12.4. The first kappa shape index (κ1) is 19.2. The topological polar surface area (TPSA) is 72.7 Å². The van der Waals surface area contributed by atoms with Gasteiger partial charge in [-0.05, 0) is 23.8 Å². The zero-order chi connectivity index (χ0) is 20.2. The Balaban J connectivity index is 1.50. The Labute approximate surface area is 175 Å². The molecule has 0 aliphatic carbocycles. The number of aromatic nitrogens is 2. The molecular formula is C21H16ClN3O3S. The molecule has 0 bridgehead atoms. The first-order chi connectivity index (χ1) is 14.1. The van der Waals surface area contributed by atoms with E-state index in [1.165, 1.54) is 21.8 Å².